The zero-order chi connectivity index (χ0) is 26.5. The number of unbranched alkanes of at least 4 members (excludes halogenated alkanes) is 1. The largest absolute Gasteiger partial charge is 0.322 e. The summed E-state index contributed by atoms with van der Waals surface area (Å²) >= 11 is 1.61. The molecule has 0 unspecified atom stereocenters. The first-order chi connectivity index (χ1) is 18.5. The molecule has 3 amide bonds. The van der Waals surface area contributed by atoms with Crippen molar-refractivity contribution in [2.24, 2.45) is 5.92 Å². The number of rotatable bonds is 7. The lowest BCUT2D eigenvalue weighted by Gasteiger charge is -2.25. The van der Waals surface area contributed by atoms with E-state index in [4.69, 9.17) is 10.2 Å². The number of anilines is 2. The summed E-state index contributed by atoms with van der Waals surface area (Å²) in [5, 5.41) is 15.7. The maximum atomic E-state index is 13.2. The minimum absolute atomic E-state index is 0.117. The van der Waals surface area contributed by atoms with Crippen molar-refractivity contribution in [3.05, 3.63) is 75.8 Å². The predicted molar refractivity (Wildman–Crippen MR) is 150 cm³/mol. The molecule has 2 heterocycles. The monoisotopic (exact) mass is 527 g/mol. The zero-order valence-corrected chi connectivity index (χ0v) is 22.5. The highest BCUT2D eigenvalue weighted by Gasteiger charge is 2.30. The fourth-order valence-electron chi connectivity index (χ4n) is 5.51. The van der Waals surface area contributed by atoms with Crippen molar-refractivity contribution in [2.45, 2.75) is 64.3 Å². The Labute approximate surface area is 227 Å². The first-order valence-electron chi connectivity index (χ1n) is 13.5. The fraction of sp³-hybridized carbons (Fsp3) is 0.400. The van der Waals surface area contributed by atoms with Gasteiger partial charge in [-0.3, -0.25) is 10.1 Å². The summed E-state index contributed by atoms with van der Waals surface area (Å²) in [6.07, 6.45) is 8.72. The average molecular weight is 528 g/mol. The number of thiazole rings is 1. The second kappa shape index (κ2) is 11.8. The van der Waals surface area contributed by atoms with Gasteiger partial charge in [0, 0.05) is 22.7 Å². The maximum absolute atomic E-state index is 13.2. The number of benzene rings is 2. The predicted octanol–water partition coefficient (Wildman–Crippen LogP) is 6.93. The van der Waals surface area contributed by atoms with Crippen molar-refractivity contribution in [2.75, 3.05) is 17.2 Å². The van der Waals surface area contributed by atoms with Gasteiger partial charge in [0.15, 0.2) is 5.13 Å². The molecule has 0 spiro atoms. The molecule has 1 aromatic heterocycles. The molecule has 1 fully saturated rings. The summed E-state index contributed by atoms with van der Waals surface area (Å²) in [5.41, 5.74) is 3.73. The molecule has 0 saturated carbocycles. The highest BCUT2D eigenvalue weighted by molar-refractivity contribution is 7.15. The van der Waals surface area contributed by atoms with Gasteiger partial charge in [-0.15, -0.1) is 11.3 Å². The number of hydrogen-bond acceptors (Lipinski definition) is 5. The highest BCUT2D eigenvalue weighted by Crippen LogP contribution is 2.35. The van der Waals surface area contributed by atoms with Gasteiger partial charge in [0.05, 0.1) is 23.4 Å². The number of aryl methyl sites for hydroxylation is 1. The van der Waals surface area contributed by atoms with Gasteiger partial charge < -0.3 is 10.2 Å². The van der Waals surface area contributed by atoms with E-state index in [1.807, 2.05) is 18.2 Å². The van der Waals surface area contributed by atoms with Gasteiger partial charge >= 0.3 is 6.03 Å². The first kappa shape index (κ1) is 25.9. The van der Waals surface area contributed by atoms with Gasteiger partial charge in [0.25, 0.3) is 5.91 Å². The number of nitrogens with one attached hydrogen (secondary N) is 2. The van der Waals surface area contributed by atoms with Crippen LogP contribution in [0.5, 0.6) is 0 Å². The number of likely N-dealkylation sites (tertiary alicyclic amines) is 1. The van der Waals surface area contributed by atoms with Crippen LogP contribution in [0.4, 0.5) is 15.6 Å². The van der Waals surface area contributed by atoms with E-state index in [9.17, 15) is 9.59 Å². The molecule has 2 N–H and O–H groups in total. The van der Waals surface area contributed by atoms with Crippen molar-refractivity contribution < 1.29 is 9.59 Å². The molecular formula is C30H33N5O2S. The van der Waals surface area contributed by atoms with Gasteiger partial charge in [0.1, 0.15) is 0 Å². The number of fused-ring (bicyclic) bond motifs is 1. The Morgan fingerprint density at radius 1 is 1.16 bits per heavy atom. The second-order valence-electron chi connectivity index (χ2n) is 10.2. The molecule has 1 aliphatic heterocycles. The Morgan fingerprint density at radius 3 is 2.87 bits per heavy atom. The fourth-order valence-corrected chi connectivity index (χ4v) is 6.63. The summed E-state index contributed by atoms with van der Waals surface area (Å²) < 4.78 is 0. The van der Waals surface area contributed by atoms with Crippen molar-refractivity contribution in [1.29, 1.82) is 5.26 Å². The number of carbonyl (C=O) groups is 2. The molecule has 2 aromatic carbocycles. The van der Waals surface area contributed by atoms with Crippen molar-refractivity contribution in [1.82, 2.24) is 9.88 Å². The quantitative estimate of drug-likeness (QED) is 0.348. The summed E-state index contributed by atoms with van der Waals surface area (Å²) in [4.78, 5) is 34.1. The van der Waals surface area contributed by atoms with Crippen LogP contribution in [0, 0.1) is 17.2 Å². The zero-order valence-electron chi connectivity index (χ0n) is 21.7. The summed E-state index contributed by atoms with van der Waals surface area (Å²) in [5.74, 6) is 0.549. The lowest BCUT2D eigenvalue weighted by molar-refractivity contribution is 0.102. The van der Waals surface area contributed by atoms with E-state index >= 15 is 0 Å². The minimum atomic E-state index is -0.206. The third kappa shape index (κ3) is 5.89. The summed E-state index contributed by atoms with van der Waals surface area (Å²) in [6.45, 7) is 2.87. The van der Waals surface area contributed by atoms with Gasteiger partial charge in [-0.1, -0.05) is 44.4 Å². The van der Waals surface area contributed by atoms with Crippen LogP contribution in [0.15, 0.2) is 48.5 Å². The first-order valence-corrected chi connectivity index (χ1v) is 14.3. The van der Waals surface area contributed by atoms with Crippen LogP contribution in [-0.4, -0.2) is 28.4 Å². The Balaban J connectivity index is 1.25. The molecule has 196 valence electrons. The molecular weight excluding hydrogens is 494 g/mol. The summed E-state index contributed by atoms with van der Waals surface area (Å²) in [7, 11) is 0. The van der Waals surface area contributed by atoms with Crippen LogP contribution >= 0.6 is 11.3 Å². The van der Waals surface area contributed by atoms with E-state index in [1.54, 1.807) is 46.6 Å². The van der Waals surface area contributed by atoms with Gasteiger partial charge in [-0.2, -0.15) is 5.26 Å². The van der Waals surface area contributed by atoms with E-state index < -0.39 is 0 Å². The Kier molecular flexibility index (Phi) is 8.04. The van der Waals surface area contributed by atoms with Gasteiger partial charge in [-0.05, 0) is 73.9 Å². The third-order valence-electron chi connectivity index (χ3n) is 7.52. The average Bonchev–Trinajstić information content (AvgIpc) is 3.59. The molecule has 5 rings (SSSR count). The van der Waals surface area contributed by atoms with Crippen LogP contribution in [-0.2, 0) is 12.8 Å². The Morgan fingerprint density at radius 2 is 2.03 bits per heavy atom. The SMILES string of the molecule is CCCC[C@H]1CCc2nc(NC(=O)c3cccc([C@H]4CCCN4C(=O)Nc4cccc(C#N)c4)c3)sc2C1. The molecule has 2 aliphatic rings. The van der Waals surface area contributed by atoms with E-state index in [1.165, 1.54) is 30.6 Å². The van der Waals surface area contributed by atoms with Crippen LogP contribution in [0.1, 0.15) is 83.5 Å². The van der Waals surface area contributed by atoms with E-state index in [2.05, 4.69) is 23.6 Å². The van der Waals surface area contributed by atoms with Crippen LogP contribution in [0.25, 0.3) is 0 Å². The van der Waals surface area contributed by atoms with Crippen molar-refractivity contribution >= 4 is 34.1 Å². The topological polar surface area (TPSA) is 98.1 Å². The molecule has 1 aliphatic carbocycles. The smallest absolute Gasteiger partial charge is 0.317 e. The molecule has 1 saturated heterocycles. The second-order valence-corrected chi connectivity index (χ2v) is 11.3. The molecule has 7 nitrogen and oxygen atoms in total. The number of hydrogen-bond donors (Lipinski definition) is 2. The molecule has 38 heavy (non-hydrogen) atoms. The molecule has 8 heteroatoms. The normalized spacial score (nSPS) is 18.5. The van der Waals surface area contributed by atoms with Crippen LogP contribution < -0.4 is 10.6 Å². The number of aromatic nitrogens is 1. The lowest BCUT2D eigenvalue weighted by Crippen LogP contribution is -2.34. The van der Waals surface area contributed by atoms with Gasteiger partial charge in [-0.25, -0.2) is 9.78 Å². The van der Waals surface area contributed by atoms with Crippen LogP contribution in [0.3, 0.4) is 0 Å². The van der Waals surface area contributed by atoms with Crippen molar-refractivity contribution in [3.8, 4) is 6.07 Å². The number of carbonyl (C=O) groups excluding carboxylic acids is 2. The molecule has 2 atom stereocenters. The van der Waals surface area contributed by atoms with E-state index in [0.717, 1.165) is 42.9 Å². The minimum Gasteiger partial charge on any atom is -0.317 e. The number of nitriles is 1. The maximum Gasteiger partial charge on any atom is 0.322 e. The highest BCUT2D eigenvalue weighted by atomic mass is 32.1. The summed E-state index contributed by atoms with van der Waals surface area (Å²) in [6, 6.07) is 16.2. The molecule has 3 aromatic rings. The standard InChI is InChI=1S/C30H33N5O2S/c1-2-3-7-20-13-14-25-27(17-20)38-29(33-25)34-28(36)23-10-5-9-22(18-23)26-12-6-15-35(26)30(37)32-24-11-4-8-21(16-24)19-31/h4-5,8-11,16,18,20,26H,2-3,6-7,12-15,17H2,1H3,(H,32,37)(H,33,34,36)/t20-,26+/m0/s1. The van der Waals surface area contributed by atoms with E-state index in [-0.39, 0.29) is 18.0 Å². The Bertz CT molecular complexity index is 1360. The number of amides is 3. The van der Waals surface area contributed by atoms with Crippen molar-refractivity contribution in [3.63, 3.8) is 0 Å². The number of urea groups is 1. The number of nitrogens with zero attached hydrogens (tertiary/aromatic N) is 3. The third-order valence-corrected chi connectivity index (χ3v) is 8.55. The molecule has 0 radical (unpaired) electrons. The lowest BCUT2D eigenvalue weighted by atomic mass is 9.87. The Hall–Kier alpha value is -3.70. The molecule has 0 bridgehead atoms. The van der Waals surface area contributed by atoms with Crippen LogP contribution in [0.2, 0.25) is 0 Å². The van der Waals surface area contributed by atoms with E-state index in [0.29, 0.717) is 28.5 Å². The van der Waals surface area contributed by atoms with Gasteiger partial charge in [0.2, 0.25) is 0 Å².